The van der Waals surface area contributed by atoms with Gasteiger partial charge in [-0.05, 0) is 42.3 Å². The fourth-order valence-electron chi connectivity index (χ4n) is 3.64. The highest BCUT2D eigenvalue weighted by Gasteiger charge is 2.21. The first-order valence-corrected chi connectivity index (χ1v) is 10.1. The number of carboxylic acids is 1. The van der Waals surface area contributed by atoms with Crippen molar-refractivity contribution in [2.45, 2.75) is 19.9 Å². The summed E-state index contributed by atoms with van der Waals surface area (Å²) in [5.74, 6) is -3.34. The highest BCUT2D eigenvalue weighted by molar-refractivity contribution is 6.05. The van der Waals surface area contributed by atoms with E-state index < -0.39 is 23.5 Å². The van der Waals surface area contributed by atoms with Crippen LogP contribution in [0, 0.1) is 11.6 Å². The number of benzene rings is 3. The van der Waals surface area contributed by atoms with Gasteiger partial charge in [-0.3, -0.25) is 4.79 Å². The van der Waals surface area contributed by atoms with Crippen LogP contribution in [0.4, 0.5) is 8.78 Å². The van der Waals surface area contributed by atoms with E-state index in [1.54, 1.807) is 12.1 Å². The van der Waals surface area contributed by atoms with Gasteiger partial charge in [-0.2, -0.15) is 0 Å². The van der Waals surface area contributed by atoms with Crippen molar-refractivity contribution < 1.29 is 28.6 Å². The number of carboxylic acid groups (broad SMARTS) is 1. The van der Waals surface area contributed by atoms with Crippen LogP contribution in [0.2, 0.25) is 0 Å². The zero-order valence-corrected chi connectivity index (χ0v) is 17.8. The SMILES string of the molecule is CCc1c(C(=O)O)c2cc(O)ccc2n1Cc1ccccc1.NC(=O)c1cc(F)cc(F)c1. The smallest absolute Gasteiger partial charge is 0.338 e. The monoisotopic (exact) mass is 452 g/mol. The van der Waals surface area contributed by atoms with Crippen LogP contribution in [0.5, 0.6) is 5.75 Å². The molecule has 8 heteroatoms. The lowest BCUT2D eigenvalue weighted by molar-refractivity contribution is 0.0697. The number of primary amides is 1. The Hall–Kier alpha value is -4.20. The van der Waals surface area contributed by atoms with Gasteiger partial charge in [-0.15, -0.1) is 0 Å². The predicted molar refractivity (Wildman–Crippen MR) is 120 cm³/mol. The molecule has 33 heavy (non-hydrogen) atoms. The number of hydrogen-bond acceptors (Lipinski definition) is 3. The Balaban J connectivity index is 0.000000235. The molecule has 0 unspecified atom stereocenters. The van der Waals surface area contributed by atoms with Crippen LogP contribution < -0.4 is 5.73 Å². The quantitative estimate of drug-likeness (QED) is 0.407. The van der Waals surface area contributed by atoms with Crippen LogP contribution in [0.25, 0.3) is 10.9 Å². The Kier molecular flexibility index (Phi) is 7.07. The number of halogens is 2. The van der Waals surface area contributed by atoms with Crippen LogP contribution in [-0.4, -0.2) is 26.7 Å². The minimum Gasteiger partial charge on any atom is -0.508 e. The number of carbonyl (C=O) groups excluding carboxylic acids is 1. The van der Waals surface area contributed by atoms with Crippen LogP contribution >= 0.6 is 0 Å². The summed E-state index contributed by atoms with van der Waals surface area (Å²) in [5, 5.41) is 19.9. The third-order valence-corrected chi connectivity index (χ3v) is 5.03. The molecule has 4 N–H and O–H groups in total. The zero-order chi connectivity index (χ0) is 24.1. The highest BCUT2D eigenvalue weighted by Crippen LogP contribution is 2.30. The van der Waals surface area contributed by atoms with Crippen molar-refractivity contribution >= 4 is 22.8 Å². The van der Waals surface area contributed by atoms with E-state index in [0.29, 0.717) is 24.4 Å². The summed E-state index contributed by atoms with van der Waals surface area (Å²) >= 11 is 0. The van der Waals surface area contributed by atoms with E-state index in [-0.39, 0.29) is 16.9 Å². The van der Waals surface area contributed by atoms with Crippen LogP contribution in [-0.2, 0) is 13.0 Å². The molecule has 0 aliphatic carbocycles. The standard InChI is InChI=1S/C18H17NO3.C7H5F2NO/c1-2-15-17(18(21)22)14-10-13(20)8-9-16(14)19(15)11-12-6-4-3-5-7-12;8-5-1-4(7(10)11)2-6(9)3-5/h3-10,20H,2,11H2,1H3,(H,21,22);1-3H,(H2,10,11). The molecule has 170 valence electrons. The van der Waals surface area contributed by atoms with E-state index in [1.807, 2.05) is 41.8 Å². The molecule has 0 saturated carbocycles. The molecule has 6 nitrogen and oxygen atoms in total. The average Bonchev–Trinajstić information content (AvgIpc) is 3.06. The molecule has 0 fully saturated rings. The molecule has 0 radical (unpaired) electrons. The second-order valence-corrected chi connectivity index (χ2v) is 7.28. The molecule has 0 bridgehead atoms. The van der Waals surface area contributed by atoms with E-state index >= 15 is 0 Å². The molecular formula is C25H22F2N2O4. The van der Waals surface area contributed by atoms with Crippen molar-refractivity contribution in [3.8, 4) is 5.75 Å². The maximum Gasteiger partial charge on any atom is 0.338 e. The number of phenolic OH excluding ortho intramolecular Hbond substituents is 1. The molecule has 1 aromatic heterocycles. The first-order valence-electron chi connectivity index (χ1n) is 10.1. The largest absolute Gasteiger partial charge is 0.508 e. The molecule has 4 aromatic rings. The number of amides is 1. The number of hydrogen-bond donors (Lipinski definition) is 3. The Morgan fingerprint density at radius 1 is 0.970 bits per heavy atom. The summed E-state index contributed by atoms with van der Waals surface area (Å²) in [5.41, 5.74) is 7.61. The van der Waals surface area contributed by atoms with Crippen LogP contribution in [0.1, 0.15) is 38.9 Å². The van der Waals surface area contributed by atoms with E-state index in [9.17, 15) is 28.6 Å². The Labute approximate surface area is 188 Å². The lowest BCUT2D eigenvalue weighted by Gasteiger charge is -2.10. The van der Waals surface area contributed by atoms with Crippen molar-refractivity contribution in [1.29, 1.82) is 0 Å². The Morgan fingerprint density at radius 3 is 2.15 bits per heavy atom. The summed E-state index contributed by atoms with van der Waals surface area (Å²) < 4.78 is 26.7. The lowest BCUT2D eigenvalue weighted by Crippen LogP contribution is -2.11. The van der Waals surface area contributed by atoms with E-state index in [0.717, 1.165) is 28.9 Å². The summed E-state index contributed by atoms with van der Waals surface area (Å²) in [7, 11) is 0. The van der Waals surface area contributed by atoms with Crippen molar-refractivity contribution in [2.24, 2.45) is 5.73 Å². The number of nitrogens with zero attached hydrogens (tertiary/aromatic N) is 1. The maximum absolute atomic E-state index is 12.3. The summed E-state index contributed by atoms with van der Waals surface area (Å²) in [4.78, 5) is 22.1. The maximum atomic E-state index is 12.3. The van der Waals surface area contributed by atoms with Gasteiger partial charge in [-0.1, -0.05) is 37.3 Å². The van der Waals surface area contributed by atoms with Crippen molar-refractivity contribution in [3.05, 3.63) is 101 Å². The first kappa shape index (κ1) is 23.5. The molecule has 4 rings (SSSR count). The van der Waals surface area contributed by atoms with E-state index in [1.165, 1.54) is 6.07 Å². The molecule has 0 aliphatic heterocycles. The number of rotatable bonds is 5. The molecule has 0 atom stereocenters. The first-order chi connectivity index (χ1) is 15.7. The summed E-state index contributed by atoms with van der Waals surface area (Å²) in [6.45, 7) is 2.56. The van der Waals surface area contributed by atoms with E-state index in [2.05, 4.69) is 0 Å². The van der Waals surface area contributed by atoms with Gasteiger partial charge in [-0.25, -0.2) is 13.6 Å². The normalized spacial score (nSPS) is 10.5. The van der Waals surface area contributed by atoms with Crippen molar-refractivity contribution in [2.75, 3.05) is 0 Å². The summed E-state index contributed by atoms with van der Waals surface area (Å²) in [6, 6.07) is 17.3. The van der Waals surface area contributed by atoms with Gasteiger partial charge in [0.25, 0.3) is 0 Å². The second-order valence-electron chi connectivity index (χ2n) is 7.28. The van der Waals surface area contributed by atoms with E-state index in [4.69, 9.17) is 5.73 Å². The van der Waals surface area contributed by atoms with Crippen LogP contribution in [0.15, 0.2) is 66.7 Å². The number of phenols is 1. The average molecular weight is 452 g/mol. The fourth-order valence-corrected chi connectivity index (χ4v) is 3.64. The number of nitrogens with two attached hydrogens (primary N) is 1. The van der Waals surface area contributed by atoms with Gasteiger partial charge >= 0.3 is 5.97 Å². The van der Waals surface area contributed by atoms with Crippen molar-refractivity contribution in [3.63, 3.8) is 0 Å². The molecular weight excluding hydrogens is 430 g/mol. The molecule has 0 spiro atoms. The van der Waals surface area contributed by atoms with Gasteiger partial charge in [0, 0.05) is 34.8 Å². The molecule has 1 heterocycles. The van der Waals surface area contributed by atoms with Gasteiger partial charge < -0.3 is 20.5 Å². The molecule has 3 aromatic carbocycles. The molecule has 0 saturated heterocycles. The third-order valence-electron chi connectivity index (χ3n) is 5.03. The highest BCUT2D eigenvalue weighted by atomic mass is 19.1. The third kappa shape index (κ3) is 5.35. The summed E-state index contributed by atoms with van der Waals surface area (Å²) in [6.07, 6.45) is 0.615. The van der Waals surface area contributed by atoms with Gasteiger partial charge in [0.05, 0.1) is 5.56 Å². The number of aromatic carboxylic acids is 1. The van der Waals surface area contributed by atoms with Gasteiger partial charge in [0.15, 0.2) is 0 Å². The van der Waals surface area contributed by atoms with Crippen molar-refractivity contribution in [1.82, 2.24) is 4.57 Å². The number of aromatic hydroxyl groups is 1. The number of fused-ring (bicyclic) bond motifs is 1. The lowest BCUT2D eigenvalue weighted by atomic mass is 10.1. The predicted octanol–water partition coefficient (Wildman–Crippen LogP) is 4.72. The topological polar surface area (TPSA) is 106 Å². The van der Waals surface area contributed by atoms with Gasteiger partial charge in [0.1, 0.15) is 17.4 Å². The molecule has 1 amide bonds. The molecule has 0 aliphatic rings. The Bertz CT molecular complexity index is 1300. The minimum atomic E-state index is -0.959. The zero-order valence-electron chi connectivity index (χ0n) is 17.8. The van der Waals surface area contributed by atoms with Gasteiger partial charge in [0.2, 0.25) is 5.91 Å². The minimum absolute atomic E-state index is 0.0783. The second kappa shape index (κ2) is 9.95. The number of aromatic nitrogens is 1. The Morgan fingerprint density at radius 2 is 1.61 bits per heavy atom. The number of carbonyl (C=O) groups is 2. The van der Waals surface area contributed by atoms with Crippen LogP contribution in [0.3, 0.4) is 0 Å². The fraction of sp³-hybridized carbons (Fsp3) is 0.120.